The molecule has 0 fully saturated rings. The van der Waals surface area contributed by atoms with Gasteiger partial charge >= 0.3 is 0 Å². The van der Waals surface area contributed by atoms with Crippen LogP contribution in [0, 0.1) is 12.7 Å². The van der Waals surface area contributed by atoms with Crippen molar-refractivity contribution in [1.82, 2.24) is 0 Å². The molecule has 0 aliphatic heterocycles. The summed E-state index contributed by atoms with van der Waals surface area (Å²) >= 11 is 5.71. The van der Waals surface area contributed by atoms with Gasteiger partial charge < -0.3 is 5.11 Å². The molecule has 0 radical (unpaired) electrons. The Hall–Kier alpha value is -1.54. The fraction of sp³-hybridized carbons (Fsp3) is 0.0769. The average molecular weight is 237 g/mol. The molecule has 0 unspecified atom stereocenters. The molecule has 0 aliphatic carbocycles. The van der Waals surface area contributed by atoms with Crippen molar-refractivity contribution in [2.24, 2.45) is 0 Å². The van der Waals surface area contributed by atoms with Crippen molar-refractivity contribution in [1.29, 1.82) is 0 Å². The lowest BCUT2D eigenvalue weighted by Gasteiger charge is -2.05. The summed E-state index contributed by atoms with van der Waals surface area (Å²) in [5.74, 6) is -0.252. The van der Waals surface area contributed by atoms with Crippen molar-refractivity contribution < 1.29 is 9.50 Å². The summed E-state index contributed by atoms with van der Waals surface area (Å²) in [7, 11) is 0. The van der Waals surface area contributed by atoms with Crippen LogP contribution in [0.3, 0.4) is 0 Å². The van der Waals surface area contributed by atoms with Crippen LogP contribution >= 0.6 is 11.6 Å². The maximum absolute atomic E-state index is 13.0. The highest BCUT2D eigenvalue weighted by Crippen LogP contribution is 2.28. The van der Waals surface area contributed by atoms with Crippen molar-refractivity contribution in [3.8, 4) is 16.9 Å². The lowest BCUT2D eigenvalue weighted by atomic mass is 10.0. The van der Waals surface area contributed by atoms with Crippen molar-refractivity contribution in [2.45, 2.75) is 6.92 Å². The van der Waals surface area contributed by atoms with E-state index in [9.17, 15) is 9.50 Å². The largest absolute Gasteiger partial charge is 0.508 e. The first-order valence-electron chi connectivity index (χ1n) is 4.82. The number of hydrogen-bond donors (Lipinski definition) is 1. The molecule has 0 atom stereocenters. The van der Waals surface area contributed by atoms with Crippen LogP contribution in [-0.4, -0.2) is 5.11 Å². The number of hydrogen-bond acceptors (Lipinski definition) is 1. The smallest absolute Gasteiger partial charge is 0.141 e. The van der Waals surface area contributed by atoms with Gasteiger partial charge in [0.1, 0.15) is 11.6 Å². The van der Waals surface area contributed by atoms with Gasteiger partial charge in [-0.05, 0) is 47.9 Å². The number of aryl methyl sites for hydroxylation is 1. The highest BCUT2D eigenvalue weighted by atomic mass is 35.5. The van der Waals surface area contributed by atoms with Gasteiger partial charge in [0.25, 0.3) is 0 Å². The van der Waals surface area contributed by atoms with Crippen LogP contribution in [0.15, 0.2) is 36.4 Å². The molecule has 0 bridgehead atoms. The summed E-state index contributed by atoms with van der Waals surface area (Å²) in [4.78, 5) is 0. The van der Waals surface area contributed by atoms with Crippen LogP contribution in [0.2, 0.25) is 5.02 Å². The van der Waals surface area contributed by atoms with Gasteiger partial charge in [-0.25, -0.2) is 4.39 Å². The van der Waals surface area contributed by atoms with E-state index in [1.54, 1.807) is 24.3 Å². The Bertz CT molecular complexity index is 517. The van der Waals surface area contributed by atoms with E-state index in [-0.39, 0.29) is 10.8 Å². The van der Waals surface area contributed by atoms with Crippen molar-refractivity contribution in [2.75, 3.05) is 0 Å². The maximum Gasteiger partial charge on any atom is 0.141 e. The van der Waals surface area contributed by atoms with E-state index < -0.39 is 5.82 Å². The minimum absolute atomic E-state index is 0.0819. The number of halogens is 2. The van der Waals surface area contributed by atoms with Gasteiger partial charge in [0, 0.05) is 0 Å². The lowest BCUT2D eigenvalue weighted by Crippen LogP contribution is -1.82. The summed E-state index contributed by atoms with van der Waals surface area (Å²) in [6.07, 6.45) is 0. The van der Waals surface area contributed by atoms with E-state index in [4.69, 9.17) is 11.6 Å². The molecule has 82 valence electrons. The van der Waals surface area contributed by atoms with Crippen LogP contribution in [0.25, 0.3) is 11.1 Å². The Morgan fingerprint density at radius 1 is 1.06 bits per heavy atom. The Kier molecular flexibility index (Phi) is 2.84. The first kappa shape index (κ1) is 11.0. The maximum atomic E-state index is 13.0. The number of aromatic hydroxyl groups is 1. The van der Waals surface area contributed by atoms with Gasteiger partial charge in [-0.2, -0.15) is 0 Å². The summed E-state index contributed by atoms with van der Waals surface area (Å²) < 4.78 is 13.0. The second-order valence-electron chi connectivity index (χ2n) is 3.69. The average Bonchev–Trinajstić information content (AvgIpc) is 2.20. The van der Waals surface area contributed by atoms with E-state index in [1.165, 1.54) is 6.07 Å². The highest BCUT2D eigenvalue weighted by molar-refractivity contribution is 6.31. The van der Waals surface area contributed by atoms with Crippen LogP contribution in [0.1, 0.15) is 5.56 Å². The third-order valence-electron chi connectivity index (χ3n) is 2.32. The Balaban J connectivity index is 2.54. The Labute approximate surface area is 98.1 Å². The number of phenols is 1. The van der Waals surface area contributed by atoms with Gasteiger partial charge in [0.15, 0.2) is 0 Å². The SMILES string of the molecule is Cc1cc(O)cc(-c2ccc(F)c(Cl)c2)c1. The van der Waals surface area contributed by atoms with Gasteiger partial charge in [-0.3, -0.25) is 0 Å². The van der Waals surface area contributed by atoms with Crippen LogP contribution in [0.5, 0.6) is 5.75 Å². The second kappa shape index (κ2) is 4.14. The molecule has 2 aromatic carbocycles. The third kappa shape index (κ3) is 2.17. The molecule has 0 aromatic heterocycles. The quantitative estimate of drug-likeness (QED) is 0.788. The van der Waals surface area contributed by atoms with E-state index >= 15 is 0 Å². The zero-order valence-electron chi connectivity index (χ0n) is 8.67. The molecule has 2 rings (SSSR count). The molecule has 16 heavy (non-hydrogen) atoms. The number of phenolic OH excluding ortho intramolecular Hbond substituents is 1. The molecule has 0 amide bonds. The first-order chi connectivity index (χ1) is 7.56. The summed E-state index contributed by atoms with van der Waals surface area (Å²) in [6.45, 7) is 1.88. The highest BCUT2D eigenvalue weighted by Gasteiger charge is 2.04. The Morgan fingerprint density at radius 3 is 2.44 bits per heavy atom. The molecule has 0 spiro atoms. The zero-order chi connectivity index (χ0) is 11.7. The summed E-state index contributed by atoms with van der Waals surface area (Å²) in [5.41, 5.74) is 2.54. The third-order valence-corrected chi connectivity index (χ3v) is 2.60. The van der Waals surface area contributed by atoms with E-state index in [0.717, 1.165) is 16.7 Å². The lowest BCUT2D eigenvalue weighted by molar-refractivity contribution is 0.475. The topological polar surface area (TPSA) is 20.2 Å². The van der Waals surface area contributed by atoms with Crippen molar-refractivity contribution in [3.63, 3.8) is 0 Å². The monoisotopic (exact) mass is 236 g/mol. The van der Waals surface area contributed by atoms with E-state index in [1.807, 2.05) is 13.0 Å². The molecule has 3 heteroatoms. The molecule has 0 saturated carbocycles. The second-order valence-corrected chi connectivity index (χ2v) is 4.09. The number of rotatable bonds is 1. The fourth-order valence-corrected chi connectivity index (χ4v) is 1.79. The first-order valence-corrected chi connectivity index (χ1v) is 5.20. The van der Waals surface area contributed by atoms with Gasteiger partial charge in [-0.1, -0.05) is 23.7 Å². The van der Waals surface area contributed by atoms with Crippen molar-refractivity contribution in [3.05, 3.63) is 52.8 Å². The van der Waals surface area contributed by atoms with Crippen molar-refractivity contribution >= 4 is 11.6 Å². The molecule has 1 N–H and O–H groups in total. The standard InChI is InChI=1S/C13H10ClFO/c1-8-4-10(6-11(16)5-8)9-2-3-13(15)12(14)7-9/h2-7,16H,1H3. The van der Waals surface area contributed by atoms with Crippen LogP contribution in [-0.2, 0) is 0 Å². The van der Waals surface area contributed by atoms with Gasteiger partial charge in [0.2, 0.25) is 0 Å². The minimum atomic E-state index is -0.442. The van der Waals surface area contributed by atoms with Gasteiger partial charge in [-0.15, -0.1) is 0 Å². The van der Waals surface area contributed by atoms with Gasteiger partial charge in [0.05, 0.1) is 5.02 Å². The predicted molar refractivity (Wildman–Crippen MR) is 63.2 cm³/mol. The Morgan fingerprint density at radius 2 is 1.81 bits per heavy atom. The molecule has 0 aliphatic rings. The van der Waals surface area contributed by atoms with E-state index in [2.05, 4.69) is 0 Å². The normalized spacial score (nSPS) is 10.4. The zero-order valence-corrected chi connectivity index (χ0v) is 9.42. The van der Waals surface area contributed by atoms with E-state index in [0.29, 0.717) is 0 Å². The van der Waals surface area contributed by atoms with Crippen LogP contribution in [0.4, 0.5) is 4.39 Å². The molecule has 0 saturated heterocycles. The van der Waals surface area contributed by atoms with Crippen LogP contribution < -0.4 is 0 Å². The predicted octanol–water partition coefficient (Wildman–Crippen LogP) is 4.16. The fourth-order valence-electron chi connectivity index (χ4n) is 1.61. The summed E-state index contributed by atoms with van der Waals surface area (Å²) in [6, 6.07) is 9.69. The molecule has 1 nitrogen and oxygen atoms in total. The molecule has 2 aromatic rings. The minimum Gasteiger partial charge on any atom is -0.508 e. The molecular formula is C13H10ClFO. The molecule has 0 heterocycles. The number of benzene rings is 2. The molecular weight excluding hydrogens is 227 g/mol. The summed E-state index contributed by atoms with van der Waals surface area (Å²) in [5, 5.41) is 9.55.